The zero-order valence-corrected chi connectivity index (χ0v) is 24.4. The van der Waals surface area contributed by atoms with Crippen LogP contribution in [0.15, 0.2) is 58.1 Å². The number of nitrogens with one attached hydrogen (secondary N) is 1. The van der Waals surface area contributed by atoms with E-state index in [9.17, 15) is 37.1 Å². The van der Waals surface area contributed by atoms with Crippen LogP contribution in [0.1, 0.15) is 49.2 Å². The van der Waals surface area contributed by atoms with Crippen LogP contribution >= 0.6 is 0 Å². The van der Waals surface area contributed by atoms with Gasteiger partial charge in [-0.2, -0.15) is 13.2 Å². The van der Waals surface area contributed by atoms with Gasteiger partial charge in [0.25, 0.3) is 5.56 Å². The van der Waals surface area contributed by atoms with Gasteiger partial charge in [-0.1, -0.05) is 36.4 Å². The molecule has 0 radical (unpaired) electrons. The average molecular weight is 606 g/mol. The Bertz CT molecular complexity index is 1590. The Morgan fingerprint density at radius 2 is 1.63 bits per heavy atom. The lowest BCUT2D eigenvalue weighted by molar-refractivity contribution is -0.138. The van der Waals surface area contributed by atoms with Gasteiger partial charge in [-0.25, -0.2) is 14.0 Å². The first-order chi connectivity index (χ1) is 20.1. The topological polar surface area (TPSA) is 99.8 Å². The minimum absolute atomic E-state index is 0.0895. The zero-order chi connectivity index (χ0) is 31.7. The van der Waals surface area contributed by atoms with Crippen molar-refractivity contribution in [3.8, 4) is 0 Å². The fraction of sp³-hybridized carbons (Fsp3) is 0.433. The predicted molar refractivity (Wildman–Crippen MR) is 154 cm³/mol. The summed E-state index contributed by atoms with van der Waals surface area (Å²) in [6, 6.07) is 10.0. The molecule has 1 aromatic heterocycles. The second kappa shape index (κ2) is 12.2. The molecule has 43 heavy (non-hydrogen) atoms. The molecule has 9 nitrogen and oxygen atoms in total. The molecule has 2 N–H and O–H groups in total. The molecule has 13 heteroatoms. The fourth-order valence-corrected chi connectivity index (χ4v) is 5.60. The third-order valence-electron chi connectivity index (χ3n) is 7.61. The van der Waals surface area contributed by atoms with Gasteiger partial charge < -0.3 is 15.3 Å². The van der Waals surface area contributed by atoms with Crippen molar-refractivity contribution in [3.05, 3.63) is 97.6 Å². The first-order valence-corrected chi connectivity index (χ1v) is 13.8. The lowest BCUT2D eigenvalue weighted by atomic mass is 9.98. The molecule has 0 bridgehead atoms. The van der Waals surface area contributed by atoms with E-state index in [-0.39, 0.29) is 11.4 Å². The average Bonchev–Trinajstić information content (AvgIpc) is 2.93. The van der Waals surface area contributed by atoms with Gasteiger partial charge >= 0.3 is 18.0 Å². The summed E-state index contributed by atoms with van der Waals surface area (Å²) >= 11 is 0. The van der Waals surface area contributed by atoms with Gasteiger partial charge in [0.2, 0.25) is 0 Å². The number of halogens is 4. The molecule has 4 rings (SSSR count). The first kappa shape index (κ1) is 31.8. The summed E-state index contributed by atoms with van der Waals surface area (Å²) in [5, 5.41) is 13.4. The highest BCUT2D eigenvalue weighted by Crippen LogP contribution is 2.34. The molecule has 1 atom stereocenters. The van der Waals surface area contributed by atoms with Crippen LogP contribution in [0.25, 0.3) is 0 Å². The van der Waals surface area contributed by atoms with Crippen molar-refractivity contribution in [2.75, 3.05) is 31.1 Å². The maximum Gasteiger partial charge on any atom is 0.416 e. The van der Waals surface area contributed by atoms with Crippen molar-refractivity contribution in [1.82, 2.24) is 19.4 Å². The van der Waals surface area contributed by atoms with Crippen molar-refractivity contribution in [2.24, 2.45) is 0 Å². The number of piperazine rings is 1. The van der Waals surface area contributed by atoms with Crippen molar-refractivity contribution < 1.29 is 27.5 Å². The Morgan fingerprint density at radius 1 is 1.00 bits per heavy atom. The number of hydrogen-bond donors (Lipinski definition) is 2. The molecular weight excluding hydrogens is 570 g/mol. The van der Waals surface area contributed by atoms with E-state index in [4.69, 9.17) is 0 Å². The number of hydrogen-bond acceptors (Lipinski definition) is 5. The third-order valence-corrected chi connectivity index (χ3v) is 7.61. The number of carboxylic acid groups (broad SMARTS) is 1. The monoisotopic (exact) mass is 605 g/mol. The van der Waals surface area contributed by atoms with Crippen LogP contribution in [0, 0.1) is 12.7 Å². The Kier molecular flexibility index (Phi) is 9.05. The minimum atomic E-state index is -4.89. The van der Waals surface area contributed by atoms with E-state index in [0.29, 0.717) is 31.7 Å². The number of rotatable bonds is 7. The number of anilines is 1. The number of amides is 1. The molecule has 1 aliphatic rings. The van der Waals surface area contributed by atoms with Crippen molar-refractivity contribution in [2.45, 2.75) is 58.5 Å². The van der Waals surface area contributed by atoms with Gasteiger partial charge in [0.1, 0.15) is 11.5 Å². The minimum Gasteiger partial charge on any atom is -0.465 e. The van der Waals surface area contributed by atoms with Gasteiger partial charge in [0, 0.05) is 43.0 Å². The molecule has 2 heterocycles. The molecule has 1 unspecified atom stereocenters. The number of alkyl halides is 3. The molecule has 3 aromatic rings. The van der Waals surface area contributed by atoms with E-state index in [0.717, 1.165) is 32.2 Å². The molecule has 1 aliphatic heterocycles. The first-order valence-electron chi connectivity index (χ1n) is 13.8. The van der Waals surface area contributed by atoms with E-state index in [1.807, 2.05) is 0 Å². The number of aromatic nitrogens is 2. The highest BCUT2D eigenvalue weighted by atomic mass is 19.4. The van der Waals surface area contributed by atoms with Crippen LogP contribution in [-0.2, 0) is 19.3 Å². The maximum absolute atomic E-state index is 14.9. The van der Waals surface area contributed by atoms with Crippen molar-refractivity contribution in [1.29, 1.82) is 0 Å². The van der Waals surface area contributed by atoms with E-state index in [2.05, 4.69) is 5.32 Å². The summed E-state index contributed by atoms with van der Waals surface area (Å²) in [6.07, 6.45) is -6.18. The second-order valence-electron chi connectivity index (χ2n) is 11.5. The van der Waals surface area contributed by atoms with Crippen LogP contribution < -0.4 is 21.5 Å². The quantitative estimate of drug-likeness (QED) is 0.386. The number of benzene rings is 2. The molecule has 1 amide bonds. The normalized spacial score (nSPS) is 14.9. The lowest BCUT2D eigenvalue weighted by Crippen LogP contribution is -2.53. The summed E-state index contributed by atoms with van der Waals surface area (Å²) in [5.74, 6) is -1.14. The Balaban J connectivity index is 1.99. The largest absolute Gasteiger partial charge is 0.465 e. The summed E-state index contributed by atoms with van der Waals surface area (Å²) in [4.78, 5) is 43.6. The van der Waals surface area contributed by atoms with Crippen LogP contribution in [0.3, 0.4) is 0 Å². The van der Waals surface area contributed by atoms with E-state index >= 15 is 0 Å². The number of carbonyl (C=O) groups is 1. The summed E-state index contributed by atoms with van der Waals surface area (Å²) in [7, 11) is 0. The van der Waals surface area contributed by atoms with E-state index in [1.165, 1.54) is 6.92 Å². The highest BCUT2D eigenvalue weighted by molar-refractivity contribution is 5.67. The van der Waals surface area contributed by atoms with Crippen LogP contribution in [0.4, 0.5) is 28.0 Å². The standard InChI is InChI=1S/C30H35F4N5O4/c1-19-25(36-15-13-35-14-16-36)26(40)38(18-24(20-9-6-5-7-10-20)39(28(42)43)29(2,3)4)27(41)37(19)17-21-22(30(32,33)34)11-8-12-23(21)31/h5-12,24,35H,13-18H2,1-4H3,(H,42,43). The molecule has 1 fully saturated rings. The summed E-state index contributed by atoms with van der Waals surface area (Å²) in [5.41, 5.74) is -3.92. The van der Waals surface area contributed by atoms with Crippen LogP contribution in [-0.4, -0.2) is 57.0 Å². The van der Waals surface area contributed by atoms with Gasteiger partial charge in [0.15, 0.2) is 0 Å². The lowest BCUT2D eigenvalue weighted by Gasteiger charge is -2.40. The predicted octanol–water partition coefficient (Wildman–Crippen LogP) is 4.45. The molecule has 1 saturated heterocycles. The molecule has 232 valence electrons. The molecule has 0 spiro atoms. The van der Waals surface area contributed by atoms with Crippen LogP contribution in [0.5, 0.6) is 0 Å². The second-order valence-corrected chi connectivity index (χ2v) is 11.5. The van der Waals surface area contributed by atoms with Gasteiger partial charge in [-0.15, -0.1) is 0 Å². The third kappa shape index (κ3) is 6.61. The SMILES string of the molecule is Cc1c(N2CCNCC2)c(=O)n(CC(c2ccccc2)N(C(=O)O)C(C)(C)C)c(=O)n1Cc1c(F)cccc1C(F)(F)F. The van der Waals surface area contributed by atoms with Crippen LogP contribution in [0.2, 0.25) is 0 Å². The summed E-state index contributed by atoms with van der Waals surface area (Å²) < 4.78 is 58.5. The van der Waals surface area contributed by atoms with Crippen molar-refractivity contribution >= 4 is 11.8 Å². The van der Waals surface area contributed by atoms with Crippen molar-refractivity contribution in [3.63, 3.8) is 0 Å². The Morgan fingerprint density at radius 3 is 2.19 bits per heavy atom. The fourth-order valence-electron chi connectivity index (χ4n) is 5.60. The van der Waals surface area contributed by atoms with E-state index in [1.54, 1.807) is 56.0 Å². The Labute approximate surface area is 246 Å². The van der Waals surface area contributed by atoms with Gasteiger partial charge in [-0.3, -0.25) is 18.8 Å². The van der Waals surface area contributed by atoms with Gasteiger partial charge in [0.05, 0.1) is 24.7 Å². The molecule has 0 aliphatic carbocycles. The number of nitrogens with zero attached hydrogens (tertiary/aromatic N) is 4. The Hall–Kier alpha value is -4.13. The smallest absolute Gasteiger partial charge is 0.416 e. The molecule has 2 aromatic carbocycles. The van der Waals surface area contributed by atoms with Gasteiger partial charge in [-0.05, 0) is 45.4 Å². The maximum atomic E-state index is 14.9. The molecular formula is C30H35F4N5O4. The molecule has 0 saturated carbocycles. The highest BCUT2D eigenvalue weighted by Gasteiger charge is 2.37. The van der Waals surface area contributed by atoms with E-state index < -0.39 is 65.1 Å². The summed E-state index contributed by atoms with van der Waals surface area (Å²) in [6.45, 7) is 7.08. The zero-order valence-electron chi connectivity index (χ0n) is 24.4.